The van der Waals surface area contributed by atoms with Crippen LogP contribution < -0.4 is 10.1 Å². The fraction of sp³-hybridized carbons (Fsp3) is 0.333. The third kappa shape index (κ3) is 4.89. The van der Waals surface area contributed by atoms with Crippen LogP contribution >= 0.6 is 0 Å². The van der Waals surface area contributed by atoms with Crippen molar-refractivity contribution in [3.05, 3.63) is 65.2 Å². The van der Waals surface area contributed by atoms with Gasteiger partial charge in [0.1, 0.15) is 11.8 Å². The van der Waals surface area contributed by atoms with E-state index >= 15 is 0 Å². The highest BCUT2D eigenvalue weighted by atomic mass is 19.2. The van der Waals surface area contributed by atoms with Gasteiger partial charge in [-0.2, -0.15) is 0 Å². The molecule has 6 nitrogen and oxygen atoms in total. The standard InChI is InChI=1S/C21H22F2N2O4/c1-28-16-6-4-14(5-7-16)20(26)24-15-10-19(21(27)29-2)25(12-15)11-13-3-8-17(22)18(23)9-13/h3-9,15,19H,10-12H2,1-2H3,(H,24,26)/t15-,19+/m1/s1. The molecular formula is C21H22F2N2O4. The summed E-state index contributed by atoms with van der Waals surface area (Å²) in [6.45, 7) is 0.604. The number of amides is 1. The summed E-state index contributed by atoms with van der Waals surface area (Å²) in [6.07, 6.45) is 0.359. The molecule has 29 heavy (non-hydrogen) atoms. The maximum Gasteiger partial charge on any atom is 0.323 e. The summed E-state index contributed by atoms with van der Waals surface area (Å²) in [7, 11) is 2.84. The molecule has 0 unspecified atom stereocenters. The minimum atomic E-state index is -0.944. The van der Waals surface area contributed by atoms with E-state index in [0.29, 0.717) is 29.8 Å². The van der Waals surface area contributed by atoms with Crippen LogP contribution in [-0.2, 0) is 16.1 Å². The van der Waals surface area contributed by atoms with Crippen molar-refractivity contribution in [1.82, 2.24) is 10.2 Å². The van der Waals surface area contributed by atoms with E-state index in [0.717, 1.165) is 12.1 Å². The number of esters is 1. The Balaban J connectivity index is 1.69. The molecule has 0 saturated carbocycles. The maximum absolute atomic E-state index is 13.5. The number of halogens is 2. The number of ether oxygens (including phenoxy) is 2. The van der Waals surface area contributed by atoms with Crippen molar-refractivity contribution in [2.24, 2.45) is 0 Å². The SMILES string of the molecule is COC(=O)[C@@H]1C[C@@H](NC(=O)c2ccc(OC)cc2)CN1Cc1ccc(F)c(F)c1. The van der Waals surface area contributed by atoms with E-state index < -0.39 is 23.6 Å². The summed E-state index contributed by atoms with van der Waals surface area (Å²) in [5.41, 5.74) is 0.999. The van der Waals surface area contributed by atoms with Crippen LogP contribution in [0.5, 0.6) is 5.75 Å². The molecule has 1 aliphatic rings. The van der Waals surface area contributed by atoms with Gasteiger partial charge in [-0.1, -0.05) is 6.07 Å². The Bertz CT molecular complexity index is 889. The highest BCUT2D eigenvalue weighted by Gasteiger charge is 2.38. The van der Waals surface area contributed by atoms with Crippen LogP contribution in [0.15, 0.2) is 42.5 Å². The first-order chi connectivity index (χ1) is 13.9. The molecule has 0 radical (unpaired) electrons. The van der Waals surface area contributed by atoms with Gasteiger partial charge in [0.2, 0.25) is 0 Å². The minimum absolute atomic E-state index is 0.228. The van der Waals surface area contributed by atoms with Crippen LogP contribution in [0.1, 0.15) is 22.3 Å². The second-order valence-corrected chi connectivity index (χ2v) is 6.85. The van der Waals surface area contributed by atoms with Gasteiger partial charge in [0, 0.05) is 24.7 Å². The third-order valence-electron chi connectivity index (χ3n) is 4.93. The fourth-order valence-corrected chi connectivity index (χ4v) is 3.45. The van der Waals surface area contributed by atoms with Crippen molar-refractivity contribution in [2.45, 2.75) is 25.0 Å². The van der Waals surface area contributed by atoms with Crippen LogP contribution in [0.4, 0.5) is 8.78 Å². The molecule has 1 fully saturated rings. The van der Waals surface area contributed by atoms with E-state index in [2.05, 4.69) is 5.32 Å². The average Bonchev–Trinajstić information content (AvgIpc) is 3.12. The molecule has 1 aliphatic heterocycles. The quantitative estimate of drug-likeness (QED) is 0.750. The van der Waals surface area contributed by atoms with E-state index in [1.807, 2.05) is 0 Å². The van der Waals surface area contributed by atoms with Gasteiger partial charge in [-0.25, -0.2) is 8.78 Å². The van der Waals surface area contributed by atoms with Crippen molar-refractivity contribution in [1.29, 1.82) is 0 Å². The lowest BCUT2D eigenvalue weighted by Crippen LogP contribution is -2.37. The highest BCUT2D eigenvalue weighted by molar-refractivity contribution is 5.94. The maximum atomic E-state index is 13.5. The first-order valence-corrected chi connectivity index (χ1v) is 9.12. The number of benzene rings is 2. The van der Waals surface area contributed by atoms with Crippen LogP contribution in [0.3, 0.4) is 0 Å². The molecule has 2 aromatic carbocycles. The average molecular weight is 404 g/mol. The van der Waals surface area contributed by atoms with Crippen LogP contribution in [0.25, 0.3) is 0 Å². The molecule has 8 heteroatoms. The lowest BCUT2D eigenvalue weighted by atomic mass is 10.1. The monoisotopic (exact) mass is 404 g/mol. The lowest BCUT2D eigenvalue weighted by molar-refractivity contribution is -0.146. The number of rotatable bonds is 6. The third-order valence-corrected chi connectivity index (χ3v) is 4.93. The van der Waals surface area contributed by atoms with Crippen LogP contribution in [0.2, 0.25) is 0 Å². The smallest absolute Gasteiger partial charge is 0.323 e. The van der Waals surface area contributed by atoms with E-state index in [9.17, 15) is 18.4 Å². The van der Waals surface area contributed by atoms with Gasteiger partial charge in [0.15, 0.2) is 11.6 Å². The van der Waals surface area contributed by atoms with E-state index in [4.69, 9.17) is 9.47 Å². The zero-order valence-electron chi connectivity index (χ0n) is 16.2. The van der Waals surface area contributed by atoms with Crippen molar-refractivity contribution < 1.29 is 27.8 Å². The van der Waals surface area contributed by atoms with Gasteiger partial charge in [0.25, 0.3) is 5.91 Å². The molecule has 2 atom stereocenters. The zero-order valence-corrected chi connectivity index (χ0v) is 16.2. The molecular weight excluding hydrogens is 382 g/mol. The van der Waals surface area contributed by atoms with Gasteiger partial charge in [-0.05, 0) is 48.4 Å². The van der Waals surface area contributed by atoms with E-state index in [1.165, 1.54) is 13.2 Å². The number of carbonyl (C=O) groups excluding carboxylic acids is 2. The second-order valence-electron chi connectivity index (χ2n) is 6.85. The van der Waals surface area contributed by atoms with Gasteiger partial charge < -0.3 is 14.8 Å². The number of nitrogens with one attached hydrogen (secondary N) is 1. The van der Waals surface area contributed by atoms with Crippen LogP contribution in [0, 0.1) is 11.6 Å². The summed E-state index contributed by atoms with van der Waals surface area (Å²) in [5, 5.41) is 2.91. The highest BCUT2D eigenvalue weighted by Crippen LogP contribution is 2.23. The first kappa shape index (κ1) is 20.7. The zero-order chi connectivity index (χ0) is 21.0. The summed E-state index contributed by atoms with van der Waals surface area (Å²) in [5.74, 6) is -1.93. The number of likely N-dealkylation sites (tertiary alicyclic amines) is 1. The molecule has 0 bridgehead atoms. The predicted molar refractivity (Wildman–Crippen MR) is 101 cm³/mol. The molecule has 0 spiro atoms. The van der Waals surface area contributed by atoms with E-state index in [1.54, 1.807) is 36.3 Å². The van der Waals surface area contributed by atoms with Gasteiger partial charge in [-0.15, -0.1) is 0 Å². The van der Waals surface area contributed by atoms with E-state index in [-0.39, 0.29) is 18.5 Å². The number of carbonyl (C=O) groups is 2. The van der Waals surface area contributed by atoms with Gasteiger partial charge in [-0.3, -0.25) is 14.5 Å². The Kier molecular flexibility index (Phi) is 6.43. The number of hydrogen-bond acceptors (Lipinski definition) is 5. The normalized spacial score (nSPS) is 19.0. The summed E-state index contributed by atoms with van der Waals surface area (Å²) < 4.78 is 36.6. The molecule has 1 saturated heterocycles. The molecule has 1 heterocycles. The molecule has 2 aromatic rings. The molecule has 154 valence electrons. The van der Waals surface area contributed by atoms with Crippen molar-refractivity contribution in [2.75, 3.05) is 20.8 Å². The van der Waals surface area contributed by atoms with Crippen molar-refractivity contribution in [3.63, 3.8) is 0 Å². The Labute approximate surface area is 167 Å². The van der Waals surface area contributed by atoms with Gasteiger partial charge in [0.05, 0.1) is 14.2 Å². The molecule has 0 aromatic heterocycles. The molecule has 1 N–H and O–H groups in total. The summed E-state index contributed by atoms with van der Waals surface area (Å²) in [6, 6.07) is 9.43. The minimum Gasteiger partial charge on any atom is -0.497 e. The van der Waals surface area contributed by atoms with Crippen molar-refractivity contribution in [3.8, 4) is 5.75 Å². The Morgan fingerprint density at radius 2 is 1.83 bits per heavy atom. The Hall–Kier alpha value is -3.00. The first-order valence-electron chi connectivity index (χ1n) is 9.12. The largest absolute Gasteiger partial charge is 0.497 e. The molecule has 1 amide bonds. The number of methoxy groups -OCH3 is 2. The topological polar surface area (TPSA) is 67.9 Å². The fourth-order valence-electron chi connectivity index (χ4n) is 3.45. The Morgan fingerprint density at radius 3 is 2.45 bits per heavy atom. The summed E-state index contributed by atoms with van der Waals surface area (Å²) in [4.78, 5) is 26.5. The Morgan fingerprint density at radius 1 is 1.10 bits per heavy atom. The van der Waals surface area contributed by atoms with Gasteiger partial charge >= 0.3 is 5.97 Å². The van der Waals surface area contributed by atoms with Crippen molar-refractivity contribution >= 4 is 11.9 Å². The lowest BCUT2D eigenvalue weighted by Gasteiger charge is -2.22. The molecule has 3 rings (SSSR count). The number of hydrogen-bond donors (Lipinski definition) is 1. The second kappa shape index (κ2) is 9.00. The summed E-state index contributed by atoms with van der Waals surface area (Å²) >= 11 is 0. The predicted octanol–water partition coefficient (Wildman–Crippen LogP) is 2.52. The molecule has 0 aliphatic carbocycles. The number of nitrogens with zero attached hydrogens (tertiary/aromatic N) is 1. The van der Waals surface area contributed by atoms with Crippen LogP contribution in [-0.4, -0.2) is 49.6 Å².